The highest BCUT2D eigenvalue weighted by atomic mass is 16.5. The minimum absolute atomic E-state index is 0.170. The fourth-order valence-electron chi connectivity index (χ4n) is 1.42. The predicted molar refractivity (Wildman–Crippen MR) is 68.2 cm³/mol. The highest BCUT2D eigenvalue weighted by molar-refractivity contribution is 5.88. The van der Waals surface area contributed by atoms with E-state index in [1.54, 1.807) is 0 Å². The number of esters is 1. The third-order valence-electron chi connectivity index (χ3n) is 2.95. The molecule has 16 heavy (non-hydrogen) atoms. The van der Waals surface area contributed by atoms with E-state index in [0.29, 0.717) is 18.1 Å². The fourth-order valence-corrected chi connectivity index (χ4v) is 1.42. The molecule has 2 nitrogen and oxygen atoms in total. The molecular weight excluding hydrogens is 200 g/mol. The molecule has 0 spiro atoms. The lowest BCUT2D eigenvalue weighted by Gasteiger charge is -2.16. The number of ether oxygens (including phenoxy) is 1. The predicted octanol–water partition coefficient (Wildman–Crippen LogP) is 3.96. The van der Waals surface area contributed by atoms with Gasteiger partial charge in [-0.05, 0) is 18.3 Å². The van der Waals surface area contributed by atoms with Crippen molar-refractivity contribution < 1.29 is 9.53 Å². The molecule has 0 rings (SSSR count). The smallest absolute Gasteiger partial charge is 0.333 e. The molecule has 0 amide bonds. The van der Waals surface area contributed by atoms with Gasteiger partial charge in [0.1, 0.15) is 0 Å². The van der Waals surface area contributed by atoms with Crippen molar-refractivity contribution >= 4 is 5.97 Å². The molecule has 94 valence electrons. The number of carbonyl (C=O) groups excluding carboxylic acids is 1. The van der Waals surface area contributed by atoms with Crippen molar-refractivity contribution in [3.63, 3.8) is 0 Å². The number of hydrogen-bond donors (Lipinski definition) is 0. The van der Waals surface area contributed by atoms with Gasteiger partial charge in [-0.2, -0.15) is 0 Å². The summed E-state index contributed by atoms with van der Waals surface area (Å²) in [6.45, 7) is 12.5. The molecule has 0 aliphatic carbocycles. The number of rotatable bonds is 8. The zero-order valence-electron chi connectivity index (χ0n) is 11.2. The standard InChI is InChI=1S/C14H26O2/c1-6-8-9-13(7-2)10-16-14(15)12(5)11(3)4/h11,13H,5-10H2,1-4H3. The summed E-state index contributed by atoms with van der Waals surface area (Å²) in [5, 5.41) is 0. The average Bonchev–Trinajstić information content (AvgIpc) is 2.27. The normalized spacial score (nSPS) is 12.6. The van der Waals surface area contributed by atoms with Crippen molar-refractivity contribution in [2.45, 2.75) is 53.4 Å². The maximum atomic E-state index is 11.6. The van der Waals surface area contributed by atoms with E-state index in [-0.39, 0.29) is 11.9 Å². The van der Waals surface area contributed by atoms with Crippen LogP contribution in [-0.2, 0) is 9.53 Å². The van der Waals surface area contributed by atoms with Crippen LogP contribution in [0.3, 0.4) is 0 Å². The quantitative estimate of drug-likeness (QED) is 0.462. The Kier molecular flexibility index (Phi) is 7.96. The van der Waals surface area contributed by atoms with E-state index in [0.717, 1.165) is 12.8 Å². The van der Waals surface area contributed by atoms with E-state index in [2.05, 4.69) is 20.4 Å². The highest BCUT2D eigenvalue weighted by Gasteiger charge is 2.14. The first-order valence-electron chi connectivity index (χ1n) is 6.38. The minimum Gasteiger partial charge on any atom is -0.462 e. The van der Waals surface area contributed by atoms with Crippen molar-refractivity contribution in [1.29, 1.82) is 0 Å². The molecule has 0 aromatic heterocycles. The van der Waals surface area contributed by atoms with Crippen LogP contribution in [0.15, 0.2) is 12.2 Å². The van der Waals surface area contributed by atoms with Crippen LogP contribution in [0.4, 0.5) is 0 Å². The summed E-state index contributed by atoms with van der Waals surface area (Å²) in [6, 6.07) is 0. The third-order valence-corrected chi connectivity index (χ3v) is 2.95. The first-order valence-corrected chi connectivity index (χ1v) is 6.38. The molecule has 0 N–H and O–H groups in total. The molecule has 0 bridgehead atoms. The SMILES string of the molecule is C=C(C(=O)OCC(CC)CCCC)C(C)C. The maximum absolute atomic E-state index is 11.6. The van der Waals surface area contributed by atoms with E-state index in [1.807, 2.05) is 13.8 Å². The Labute approximate surface area is 100 Å². The Morgan fingerprint density at radius 2 is 1.94 bits per heavy atom. The van der Waals surface area contributed by atoms with Crippen molar-refractivity contribution in [3.8, 4) is 0 Å². The summed E-state index contributed by atoms with van der Waals surface area (Å²) >= 11 is 0. The summed E-state index contributed by atoms with van der Waals surface area (Å²) in [4.78, 5) is 11.6. The Morgan fingerprint density at radius 1 is 1.31 bits per heavy atom. The lowest BCUT2D eigenvalue weighted by atomic mass is 10.0. The van der Waals surface area contributed by atoms with Crippen LogP contribution in [0.5, 0.6) is 0 Å². The van der Waals surface area contributed by atoms with Crippen molar-refractivity contribution in [1.82, 2.24) is 0 Å². The van der Waals surface area contributed by atoms with Crippen LogP contribution >= 0.6 is 0 Å². The van der Waals surface area contributed by atoms with E-state index in [1.165, 1.54) is 12.8 Å². The lowest BCUT2D eigenvalue weighted by molar-refractivity contribution is -0.141. The second-order valence-electron chi connectivity index (χ2n) is 4.69. The zero-order valence-corrected chi connectivity index (χ0v) is 11.2. The Bertz CT molecular complexity index is 219. The molecule has 0 aromatic carbocycles. The van der Waals surface area contributed by atoms with Gasteiger partial charge in [-0.1, -0.05) is 53.5 Å². The summed E-state index contributed by atoms with van der Waals surface area (Å²) in [6.07, 6.45) is 4.63. The fraction of sp³-hybridized carbons (Fsp3) is 0.786. The Balaban J connectivity index is 3.92. The first-order chi connectivity index (χ1) is 7.52. The third kappa shape index (κ3) is 5.94. The van der Waals surface area contributed by atoms with Gasteiger partial charge in [-0.3, -0.25) is 0 Å². The molecule has 0 fully saturated rings. The number of hydrogen-bond acceptors (Lipinski definition) is 2. The average molecular weight is 226 g/mol. The van der Waals surface area contributed by atoms with Crippen molar-refractivity contribution in [3.05, 3.63) is 12.2 Å². The molecule has 0 aliphatic rings. The molecular formula is C14H26O2. The van der Waals surface area contributed by atoms with Gasteiger partial charge in [-0.25, -0.2) is 4.79 Å². The summed E-state index contributed by atoms with van der Waals surface area (Å²) in [5.74, 6) is 0.442. The van der Waals surface area contributed by atoms with Gasteiger partial charge in [0.25, 0.3) is 0 Å². The topological polar surface area (TPSA) is 26.3 Å². The van der Waals surface area contributed by atoms with E-state index < -0.39 is 0 Å². The van der Waals surface area contributed by atoms with Crippen LogP contribution in [-0.4, -0.2) is 12.6 Å². The molecule has 2 heteroatoms. The number of unbranched alkanes of at least 4 members (excludes halogenated alkanes) is 1. The largest absolute Gasteiger partial charge is 0.462 e. The molecule has 0 saturated heterocycles. The monoisotopic (exact) mass is 226 g/mol. The molecule has 0 aliphatic heterocycles. The molecule has 0 aromatic rings. The Hall–Kier alpha value is -0.790. The van der Waals surface area contributed by atoms with Gasteiger partial charge >= 0.3 is 5.97 Å². The van der Waals surface area contributed by atoms with Gasteiger partial charge < -0.3 is 4.74 Å². The van der Waals surface area contributed by atoms with E-state index in [4.69, 9.17) is 4.74 Å². The van der Waals surface area contributed by atoms with Gasteiger partial charge in [-0.15, -0.1) is 0 Å². The van der Waals surface area contributed by atoms with Crippen molar-refractivity contribution in [2.75, 3.05) is 6.61 Å². The molecule has 0 radical (unpaired) electrons. The summed E-state index contributed by atoms with van der Waals surface area (Å²) in [5.41, 5.74) is 0.574. The van der Waals surface area contributed by atoms with Gasteiger partial charge in [0.15, 0.2) is 0 Å². The summed E-state index contributed by atoms with van der Waals surface area (Å²) in [7, 11) is 0. The van der Waals surface area contributed by atoms with Gasteiger partial charge in [0.05, 0.1) is 6.61 Å². The first kappa shape index (κ1) is 15.2. The molecule has 1 unspecified atom stereocenters. The lowest BCUT2D eigenvalue weighted by Crippen LogP contribution is -2.17. The zero-order chi connectivity index (χ0) is 12.6. The van der Waals surface area contributed by atoms with Crippen LogP contribution in [0, 0.1) is 11.8 Å². The minimum atomic E-state index is -0.232. The van der Waals surface area contributed by atoms with Crippen LogP contribution in [0.25, 0.3) is 0 Å². The number of carbonyl (C=O) groups is 1. The molecule has 1 atom stereocenters. The van der Waals surface area contributed by atoms with E-state index >= 15 is 0 Å². The second-order valence-corrected chi connectivity index (χ2v) is 4.69. The van der Waals surface area contributed by atoms with Crippen LogP contribution < -0.4 is 0 Å². The molecule has 0 saturated carbocycles. The Morgan fingerprint density at radius 3 is 2.38 bits per heavy atom. The highest BCUT2D eigenvalue weighted by Crippen LogP contribution is 2.15. The van der Waals surface area contributed by atoms with Crippen LogP contribution in [0.1, 0.15) is 53.4 Å². The maximum Gasteiger partial charge on any atom is 0.333 e. The van der Waals surface area contributed by atoms with Gasteiger partial charge in [0.2, 0.25) is 0 Å². The van der Waals surface area contributed by atoms with Crippen molar-refractivity contribution in [2.24, 2.45) is 11.8 Å². The molecule has 0 heterocycles. The summed E-state index contributed by atoms with van der Waals surface area (Å²) < 4.78 is 5.28. The second kappa shape index (κ2) is 8.37. The van der Waals surface area contributed by atoms with Crippen LogP contribution in [0.2, 0.25) is 0 Å². The van der Waals surface area contributed by atoms with Gasteiger partial charge in [0, 0.05) is 5.57 Å². The van der Waals surface area contributed by atoms with E-state index in [9.17, 15) is 4.79 Å².